The van der Waals surface area contributed by atoms with E-state index >= 15 is 0 Å². The maximum atomic E-state index is 6.39. The van der Waals surface area contributed by atoms with Crippen molar-refractivity contribution in [1.82, 2.24) is 0 Å². The first-order valence-electron chi connectivity index (χ1n) is 13.0. The second-order valence-corrected chi connectivity index (χ2v) is 11.8. The molecule has 1 aromatic carbocycles. The molecule has 1 saturated carbocycles. The van der Waals surface area contributed by atoms with Gasteiger partial charge in [0.25, 0.3) is 0 Å². The first-order valence-corrected chi connectivity index (χ1v) is 14.8. The lowest BCUT2D eigenvalue weighted by molar-refractivity contribution is 0.128. The van der Waals surface area contributed by atoms with Crippen LogP contribution in [0.3, 0.4) is 0 Å². The molecule has 0 radical (unpaired) electrons. The highest BCUT2D eigenvalue weighted by molar-refractivity contribution is 6.44. The summed E-state index contributed by atoms with van der Waals surface area (Å²) in [5.41, 5.74) is 2.98. The van der Waals surface area contributed by atoms with Crippen LogP contribution in [0.4, 0.5) is 0 Å². The van der Waals surface area contributed by atoms with Crippen LogP contribution in [-0.4, -0.2) is 28.1 Å². The molecule has 178 valence electrons. The highest BCUT2D eigenvalue weighted by Crippen LogP contribution is 2.40. The topological polar surface area (TPSA) is 27.7 Å². The van der Waals surface area contributed by atoms with Crippen LogP contribution in [0.5, 0.6) is 5.75 Å². The fraction of sp³-hybridized carbons (Fsp3) is 0.778. The second kappa shape index (κ2) is 14.3. The molecular formula is C27H48O3Si. The fourth-order valence-electron chi connectivity index (χ4n) is 4.85. The Balaban J connectivity index is 2.04. The minimum absolute atomic E-state index is 0.233. The summed E-state index contributed by atoms with van der Waals surface area (Å²) in [4.78, 5) is 0. The van der Waals surface area contributed by atoms with Crippen molar-refractivity contribution in [3.05, 3.63) is 29.3 Å². The van der Waals surface area contributed by atoms with Crippen LogP contribution in [0.15, 0.2) is 18.2 Å². The quantitative estimate of drug-likeness (QED) is 0.214. The fourth-order valence-corrected chi connectivity index (χ4v) is 6.90. The lowest BCUT2D eigenvalue weighted by atomic mass is 9.81. The molecule has 0 bridgehead atoms. The summed E-state index contributed by atoms with van der Waals surface area (Å²) in [7, 11) is -1.63. The van der Waals surface area contributed by atoms with Gasteiger partial charge in [-0.3, -0.25) is 0 Å². The SMILES string of the molecule is CCCC(CC)c1ccc(OCCC[SiH](OC(C)C)OC(C)C)c(C2CCCCC2)c1. The van der Waals surface area contributed by atoms with Gasteiger partial charge in [-0.25, -0.2) is 0 Å². The Morgan fingerprint density at radius 1 is 0.968 bits per heavy atom. The van der Waals surface area contributed by atoms with Crippen molar-refractivity contribution in [2.24, 2.45) is 0 Å². The molecule has 0 aromatic heterocycles. The molecule has 31 heavy (non-hydrogen) atoms. The zero-order valence-electron chi connectivity index (χ0n) is 21.1. The lowest BCUT2D eigenvalue weighted by Crippen LogP contribution is -2.29. The Morgan fingerprint density at radius 2 is 1.65 bits per heavy atom. The Hall–Kier alpha value is -0.843. The summed E-state index contributed by atoms with van der Waals surface area (Å²) < 4.78 is 18.5. The van der Waals surface area contributed by atoms with Crippen molar-refractivity contribution in [1.29, 1.82) is 0 Å². The first kappa shape index (κ1) is 26.4. The Labute approximate surface area is 194 Å². The zero-order chi connectivity index (χ0) is 22.6. The number of ether oxygens (including phenoxy) is 1. The largest absolute Gasteiger partial charge is 0.493 e. The predicted octanol–water partition coefficient (Wildman–Crippen LogP) is 7.87. The standard InChI is InChI=1S/C27H48O3Si/c1-7-13-23(8-2)25-16-17-27(26(20-25)24-14-10-9-11-15-24)28-18-12-19-31(29-21(3)4)30-22(5)6/h16-17,20-24,31H,7-15,18-19H2,1-6H3. The first-order chi connectivity index (χ1) is 14.9. The number of benzene rings is 1. The van der Waals surface area contributed by atoms with Crippen molar-refractivity contribution in [3.8, 4) is 5.75 Å². The minimum Gasteiger partial charge on any atom is -0.493 e. The molecule has 1 atom stereocenters. The molecule has 0 spiro atoms. The zero-order valence-corrected chi connectivity index (χ0v) is 22.3. The van der Waals surface area contributed by atoms with Crippen LogP contribution in [0.2, 0.25) is 6.04 Å². The predicted molar refractivity (Wildman–Crippen MR) is 135 cm³/mol. The van der Waals surface area contributed by atoms with Crippen LogP contribution >= 0.6 is 0 Å². The smallest absolute Gasteiger partial charge is 0.321 e. The van der Waals surface area contributed by atoms with E-state index in [0.717, 1.165) is 24.8 Å². The molecule has 1 aliphatic rings. The van der Waals surface area contributed by atoms with Crippen LogP contribution in [0.25, 0.3) is 0 Å². The third-order valence-corrected chi connectivity index (χ3v) is 8.95. The molecule has 1 unspecified atom stereocenters. The highest BCUT2D eigenvalue weighted by Gasteiger charge is 2.22. The molecule has 1 fully saturated rings. The van der Waals surface area contributed by atoms with E-state index in [0.29, 0.717) is 11.8 Å². The lowest BCUT2D eigenvalue weighted by Gasteiger charge is -2.26. The van der Waals surface area contributed by atoms with E-state index in [2.05, 4.69) is 59.7 Å². The Kier molecular flexibility index (Phi) is 12.2. The molecule has 1 aromatic rings. The van der Waals surface area contributed by atoms with Gasteiger partial charge in [-0.2, -0.15) is 0 Å². The molecule has 1 aliphatic carbocycles. The third kappa shape index (κ3) is 9.27. The average molecular weight is 449 g/mol. The molecule has 3 nitrogen and oxygen atoms in total. The van der Waals surface area contributed by atoms with Crippen molar-refractivity contribution in [3.63, 3.8) is 0 Å². The second-order valence-electron chi connectivity index (χ2n) is 9.82. The highest BCUT2D eigenvalue weighted by atomic mass is 28.3. The van der Waals surface area contributed by atoms with Gasteiger partial charge < -0.3 is 13.6 Å². The summed E-state index contributed by atoms with van der Waals surface area (Å²) in [5, 5.41) is 0. The van der Waals surface area contributed by atoms with Crippen LogP contribution in [0.1, 0.15) is 122 Å². The third-order valence-electron chi connectivity index (χ3n) is 6.37. The summed E-state index contributed by atoms with van der Waals surface area (Å²) in [6.07, 6.45) is 11.9. The summed E-state index contributed by atoms with van der Waals surface area (Å²) >= 11 is 0. The Bertz CT molecular complexity index is 600. The number of hydrogen-bond donors (Lipinski definition) is 0. The van der Waals surface area contributed by atoms with Gasteiger partial charge in [0.15, 0.2) is 0 Å². The number of hydrogen-bond acceptors (Lipinski definition) is 3. The van der Waals surface area contributed by atoms with Crippen LogP contribution in [-0.2, 0) is 8.85 Å². The van der Waals surface area contributed by atoms with E-state index in [-0.39, 0.29) is 12.2 Å². The van der Waals surface area contributed by atoms with Gasteiger partial charge >= 0.3 is 9.28 Å². The van der Waals surface area contributed by atoms with Gasteiger partial charge in [0, 0.05) is 12.2 Å². The monoisotopic (exact) mass is 448 g/mol. The molecule has 0 N–H and O–H groups in total. The van der Waals surface area contributed by atoms with Gasteiger partial charge in [-0.15, -0.1) is 0 Å². The van der Waals surface area contributed by atoms with Gasteiger partial charge in [0.05, 0.1) is 6.61 Å². The van der Waals surface area contributed by atoms with Crippen LogP contribution in [0, 0.1) is 0 Å². The van der Waals surface area contributed by atoms with E-state index in [4.69, 9.17) is 13.6 Å². The normalized spacial score (nSPS) is 16.4. The average Bonchev–Trinajstić information content (AvgIpc) is 2.75. The van der Waals surface area contributed by atoms with Crippen molar-refractivity contribution in [2.75, 3.05) is 6.61 Å². The van der Waals surface area contributed by atoms with E-state index in [1.54, 1.807) is 0 Å². The maximum Gasteiger partial charge on any atom is 0.321 e. The minimum atomic E-state index is -1.63. The molecule has 0 saturated heterocycles. The van der Waals surface area contributed by atoms with Crippen molar-refractivity contribution in [2.45, 2.75) is 129 Å². The van der Waals surface area contributed by atoms with Crippen molar-refractivity contribution >= 4 is 9.28 Å². The van der Waals surface area contributed by atoms with E-state index in [1.807, 2.05) is 0 Å². The molecule has 0 aliphatic heterocycles. The van der Waals surface area contributed by atoms with E-state index < -0.39 is 9.28 Å². The molecular weight excluding hydrogens is 400 g/mol. The molecule has 0 heterocycles. The maximum absolute atomic E-state index is 6.39. The number of rotatable bonds is 14. The summed E-state index contributed by atoms with van der Waals surface area (Å²) in [5.74, 6) is 2.46. The van der Waals surface area contributed by atoms with E-state index in [9.17, 15) is 0 Å². The van der Waals surface area contributed by atoms with Crippen LogP contribution < -0.4 is 4.74 Å². The van der Waals surface area contributed by atoms with Crippen molar-refractivity contribution < 1.29 is 13.6 Å². The van der Waals surface area contributed by atoms with Gasteiger partial charge in [-0.05, 0) is 94.9 Å². The van der Waals surface area contributed by atoms with Gasteiger partial charge in [-0.1, -0.05) is 51.7 Å². The molecule has 0 amide bonds. The Morgan fingerprint density at radius 3 is 2.23 bits per heavy atom. The molecule has 4 heteroatoms. The van der Waals surface area contributed by atoms with Gasteiger partial charge in [0.1, 0.15) is 5.75 Å². The molecule has 2 rings (SSSR count). The summed E-state index contributed by atoms with van der Waals surface area (Å²) in [6, 6.07) is 8.09. The van der Waals surface area contributed by atoms with E-state index in [1.165, 1.54) is 62.5 Å². The summed E-state index contributed by atoms with van der Waals surface area (Å²) in [6.45, 7) is 13.8. The van der Waals surface area contributed by atoms with Gasteiger partial charge in [0.2, 0.25) is 0 Å².